The monoisotopic (exact) mass is 287 g/mol. The van der Waals surface area contributed by atoms with Crippen molar-refractivity contribution in [3.05, 3.63) is 45.9 Å². The van der Waals surface area contributed by atoms with Crippen LogP contribution in [0.4, 0.5) is 24.7 Å². The van der Waals surface area contributed by atoms with E-state index in [1.807, 2.05) is 0 Å². The van der Waals surface area contributed by atoms with E-state index in [1.54, 1.807) is 13.8 Å². The average molecular weight is 288 g/mol. The largest absolute Gasteiger partial charge is 0.336 e. The van der Waals surface area contributed by atoms with Gasteiger partial charge in [0.15, 0.2) is 28.4 Å². The molecule has 1 aromatic carbocycles. The normalized spacial score (nSPS) is 10.6. The van der Waals surface area contributed by atoms with Crippen LogP contribution in [-0.2, 0) is 0 Å². The quantitative estimate of drug-likeness (QED) is 0.851. The molecule has 0 radical (unpaired) electrons. The minimum Gasteiger partial charge on any atom is -0.336 e. The minimum atomic E-state index is -1.54. The van der Waals surface area contributed by atoms with Gasteiger partial charge in [-0.2, -0.15) is 0 Å². The van der Waals surface area contributed by atoms with Crippen molar-refractivity contribution in [1.29, 1.82) is 0 Å². The van der Waals surface area contributed by atoms with Crippen LogP contribution in [0, 0.1) is 31.3 Å². The molecule has 0 saturated carbocycles. The molecule has 3 nitrogen and oxygen atoms in total. The molecule has 7 heteroatoms. The molecule has 1 N–H and O–H groups in total. The van der Waals surface area contributed by atoms with E-state index in [4.69, 9.17) is 11.6 Å². The maximum absolute atomic E-state index is 13.5. The Morgan fingerprint density at radius 2 is 1.68 bits per heavy atom. The molecule has 2 rings (SSSR count). The number of nitrogens with one attached hydrogen (secondary N) is 1. The van der Waals surface area contributed by atoms with Crippen LogP contribution in [0.15, 0.2) is 12.1 Å². The first kappa shape index (κ1) is 13.6. The first-order valence-electron chi connectivity index (χ1n) is 5.31. The third kappa shape index (κ3) is 2.49. The number of hydrogen-bond acceptors (Lipinski definition) is 3. The van der Waals surface area contributed by atoms with Crippen molar-refractivity contribution in [1.82, 2.24) is 10.2 Å². The molecule has 2 aromatic rings. The Kier molecular flexibility index (Phi) is 3.61. The zero-order chi connectivity index (χ0) is 14.2. The Morgan fingerprint density at radius 3 is 2.37 bits per heavy atom. The van der Waals surface area contributed by atoms with Crippen LogP contribution in [0.2, 0.25) is 5.15 Å². The number of aromatic nitrogens is 2. The van der Waals surface area contributed by atoms with Gasteiger partial charge in [0.05, 0.1) is 5.69 Å². The van der Waals surface area contributed by atoms with Gasteiger partial charge in [0.1, 0.15) is 0 Å². The molecule has 0 unspecified atom stereocenters. The van der Waals surface area contributed by atoms with E-state index in [2.05, 4.69) is 15.5 Å². The maximum Gasteiger partial charge on any atom is 0.196 e. The summed E-state index contributed by atoms with van der Waals surface area (Å²) in [4.78, 5) is 0. The van der Waals surface area contributed by atoms with Crippen molar-refractivity contribution in [3.63, 3.8) is 0 Å². The topological polar surface area (TPSA) is 37.8 Å². The van der Waals surface area contributed by atoms with E-state index in [0.29, 0.717) is 11.1 Å². The van der Waals surface area contributed by atoms with E-state index in [0.717, 1.165) is 12.1 Å². The van der Waals surface area contributed by atoms with Crippen LogP contribution in [-0.4, -0.2) is 10.2 Å². The molecule has 0 aliphatic carbocycles. The fourth-order valence-electron chi connectivity index (χ4n) is 1.44. The smallest absolute Gasteiger partial charge is 0.196 e. The molecule has 0 aliphatic rings. The standard InChI is InChI=1S/C12H9ClF3N3/c1-5-6(2)12(19-18-11(5)13)17-8-4-3-7(14)9(15)10(8)16/h3-4H,1-2H3,(H,17,19). The lowest BCUT2D eigenvalue weighted by atomic mass is 10.2. The van der Waals surface area contributed by atoms with Gasteiger partial charge in [-0.25, -0.2) is 13.2 Å². The molecule has 0 spiro atoms. The molecule has 0 bridgehead atoms. The summed E-state index contributed by atoms with van der Waals surface area (Å²) in [5, 5.41) is 10.2. The van der Waals surface area contributed by atoms with Crippen molar-refractivity contribution < 1.29 is 13.2 Å². The Hall–Kier alpha value is -1.82. The lowest BCUT2D eigenvalue weighted by Crippen LogP contribution is -2.04. The Bertz CT molecular complexity index is 591. The lowest BCUT2D eigenvalue weighted by Gasteiger charge is -2.11. The van der Waals surface area contributed by atoms with E-state index in [1.165, 1.54) is 0 Å². The van der Waals surface area contributed by atoms with Gasteiger partial charge in [0.2, 0.25) is 0 Å². The van der Waals surface area contributed by atoms with Gasteiger partial charge >= 0.3 is 0 Å². The summed E-state index contributed by atoms with van der Waals surface area (Å²) >= 11 is 5.78. The molecule has 0 atom stereocenters. The predicted octanol–water partition coefficient (Wildman–Crippen LogP) is 3.91. The second-order valence-corrected chi connectivity index (χ2v) is 4.30. The Balaban J connectivity index is 2.43. The van der Waals surface area contributed by atoms with Crippen molar-refractivity contribution in [2.45, 2.75) is 13.8 Å². The average Bonchev–Trinajstić information content (AvgIpc) is 2.39. The van der Waals surface area contributed by atoms with E-state index >= 15 is 0 Å². The van der Waals surface area contributed by atoms with Crippen LogP contribution in [0.3, 0.4) is 0 Å². The number of nitrogens with zero attached hydrogens (tertiary/aromatic N) is 2. The van der Waals surface area contributed by atoms with Crippen LogP contribution >= 0.6 is 11.6 Å². The SMILES string of the molecule is Cc1c(Cl)nnc(Nc2ccc(F)c(F)c2F)c1C. The van der Waals surface area contributed by atoms with E-state index in [-0.39, 0.29) is 16.7 Å². The fourth-order valence-corrected chi connectivity index (χ4v) is 1.62. The lowest BCUT2D eigenvalue weighted by molar-refractivity contribution is 0.449. The van der Waals surface area contributed by atoms with Crippen LogP contribution < -0.4 is 5.32 Å². The van der Waals surface area contributed by atoms with E-state index in [9.17, 15) is 13.2 Å². The van der Waals surface area contributed by atoms with Gasteiger partial charge in [0.25, 0.3) is 0 Å². The summed E-state index contributed by atoms with van der Waals surface area (Å²) < 4.78 is 39.4. The minimum absolute atomic E-state index is 0.224. The summed E-state index contributed by atoms with van der Waals surface area (Å²) in [6.45, 7) is 3.43. The van der Waals surface area contributed by atoms with Crippen molar-refractivity contribution >= 4 is 23.1 Å². The first-order chi connectivity index (χ1) is 8.91. The van der Waals surface area contributed by atoms with Crippen molar-refractivity contribution in [2.75, 3.05) is 5.32 Å². The van der Waals surface area contributed by atoms with Gasteiger partial charge in [0, 0.05) is 0 Å². The number of rotatable bonds is 2. The van der Waals surface area contributed by atoms with Crippen molar-refractivity contribution in [2.24, 2.45) is 0 Å². The molecule has 100 valence electrons. The summed E-state index contributed by atoms with van der Waals surface area (Å²) in [6, 6.07) is 1.91. The third-order valence-corrected chi connectivity index (χ3v) is 3.11. The van der Waals surface area contributed by atoms with Gasteiger partial charge in [-0.05, 0) is 37.1 Å². The number of anilines is 2. The van der Waals surface area contributed by atoms with Gasteiger partial charge in [-0.15, -0.1) is 10.2 Å². The molecule has 0 amide bonds. The highest BCUT2D eigenvalue weighted by Gasteiger charge is 2.15. The molecule has 1 aromatic heterocycles. The summed E-state index contributed by atoms with van der Waals surface area (Å²) in [5.41, 5.74) is 1.09. The van der Waals surface area contributed by atoms with Crippen LogP contribution in [0.1, 0.15) is 11.1 Å². The molecule has 1 heterocycles. The van der Waals surface area contributed by atoms with Crippen LogP contribution in [0.5, 0.6) is 0 Å². The van der Waals surface area contributed by atoms with Gasteiger partial charge in [-0.1, -0.05) is 11.6 Å². The number of benzene rings is 1. The summed E-state index contributed by atoms with van der Waals surface area (Å²) in [7, 11) is 0. The zero-order valence-electron chi connectivity index (χ0n) is 10.1. The molecule has 0 fully saturated rings. The highest BCUT2D eigenvalue weighted by atomic mass is 35.5. The molecular formula is C12H9ClF3N3. The van der Waals surface area contributed by atoms with Gasteiger partial charge < -0.3 is 5.32 Å². The second kappa shape index (κ2) is 5.05. The molecular weight excluding hydrogens is 279 g/mol. The zero-order valence-corrected chi connectivity index (χ0v) is 10.8. The number of hydrogen-bond donors (Lipinski definition) is 1. The number of halogens is 4. The van der Waals surface area contributed by atoms with Gasteiger partial charge in [-0.3, -0.25) is 0 Å². The Morgan fingerprint density at radius 1 is 1.00 bits per heavy atom. The highest BCUT2D eigenvalue weighted by Crippen LogP contribution is 2.26. The molecule has 0 saturated heterocycles. The third-order valence-electron chi connectivity index (χ3n) is 2.75. The van der Waals surface area contributed by atoms with Crippen LogP contribution in [0.25, 0.3) is 0 Å². The summed E-state index contributed by atoms with van der Waals surface area (Å²) in [6.07, 6.45) is 0. The summed E-state index contributed by atoms with van der Waals surface area (Å²) in [5.74, 6) is -3.87. The second-order valence-electron chi connectivity index (χ2n) is 3.94. The van der Waals surface area contributed by atoms with E-state index < -0.39 is 17.5 Å². The van der Waals surface area contributed by atoms with Crippen molar-refractivity contribution in [3.8, 4) is 0 Å². The maximum atomic E-state index is 13.5. The molecule has 19 heavy (non-hydrogen) atoms. The Labute approximate surface area is 112 Å². The predicted molar refractivity (Wildman–Crippen MR) is 66.1 cm³/mol. The first-order valence-corrected chi connectivity index (χ1v) is 5.69. The fraction of sp³-hybridized carbons (Fsp3) is 0.167. The molecule has 0 aliphatic heterocycles. The highest BCUT2D eigenvalue weighted by molar-refractivity contribution is 6.30.